The number of fused-ring (bicyclic) bond motifs is 1. The van der Waals surface area contributed by atoms with Gasteiger partial charge in [-0.3, -0.25) is 14.2 Å². The minimum absolute atomic E-state index is 0.147. The van der Waals surface area contributed by atoms with Crippen LogP contribution in [0.2, 0.25) is 0 Å². The minimum Gasteiger partial charge on any atom is -0.489 e. The number of likely N-dealkylation sites (N-methyl/N-ethyl adjacent to an activating group) is 1. The fourth-order valence-corrected chi connectivity index (χ4v) is 3.17. The summed E-state index contributed by atoms with van der Waals surface area (Å²) in [6, 6.07) is 10.9. The Hall–Kier alpha value is -3.00. The molecule has 146 valence electrons. The lowest BCUT2D eigenvalue weighted by Gasteiger charge is -2.18. The Morgan fingerprint density at radius 2 is 2.04 bits per heavy atom. The highest BCUT2D eigenvalue weighted by Gasteiger charge is 2.14. The van der Waals surface area contributed by atoms with Gasteiger partial charge in [0.2, 0.25) is 0 Å². The van der Waals surface area contributed by atoms with Crippen LogP contribution in [0.15, 0.2) is 47.3 Å². The Labute approximate surface area is 166 Å². The molecule has 0 saturated heterocycles. The van der Waals surface area contributed by atoms with Crippen LogP contribution in [-0.2, 0) is 6.54 Å². The van der Waals surface area contributed by atoms with Gasteiger partial charge in [-0.25, -0.2) is 4.39 Å². The van der Waals surface area contributed by atoms with Gasteiger partial charge in [0.1, 0.15) is 6.61 Å². The second-order valence-corrected chi connectivity index (χ2v) is 6.63. The number of hydrogen-bond acceptors (Lipinski definition) is 4. The van der Waals surface area contributed by atoms with Gasteiger partial charge in [-0.2, -0.15) is 0 Å². The van der Waals surface area contributed by atoms with Crippen molar-refractivity contribution in [1.29, 1.82) is 0 Å². The number of para-hydroxylation sites is 1. The predicted octanol–water partition coefficient (Wildman–Crippen LogP) is 3.37. The Morgan fingerprint density at radius 3 is 2.75 bits per heavy atom. The van der Waals surface area contributed by atoms with Crippen LogP contribution in [0.4, 0.5) is 4.39 Å². The van der Waals surface area contributed by atoms with Gasteiger partial charge < -0.3 is 14.6 Å². The van der Waals surface area contributed by atoms with E-state index < -0.39 is 5.82 Å². The number of halogens is 1. The summed E-state index contributed by atoms with van der Waals surface area (Å²) in [6.45, 7) is 2.74. The minimum atomic E-state index is -0.445. The van der Waals surface area contributed by atoms with Gasteiger partial charge in [-0.05, 0) is 49.5 Å². The zero-order chi connectivity index (χ0) is 20.3. The zero-order valence-electron chi connectivity index (χ0n) is 15.6. The summed E-state index contributed by atoms with van der Waals surface area (Å²) in [6.07, 6.45) is 0. The van der Waals surface area contributed by atoms with Crippen LogP contribution in [0.25, 0.3) is 10.9 Å². The van der Waals surface area contributed by atoms with Crippen LogP contribution in [0.1, 0.15) is 17.3 Å². The number of carbonyl (C=O) groups excluding carboxylic acids is 1. The molecule has 3 rings (SSSR count). The summed E-state index contributed by atoms with van der Waals surface area (Å²) >= 11 is 5.21. The number of aromatic nitrogens is 2. The van der Waals surface area contributed by atoms with E-state index in [0.717, 1.165) is 0 Å². The first-order valence-corrected chi connectivity index (χ1v) is 9.23. The molecule has 0 unspecified atom stereocenters. The topological polar surface area (TPSA) is 67.3 Å². The average Bonchev–Trinajstić information content (AvgIpc) is 2.68. The predicted molar refractivity (Wildman–Crippen MR) is 108 cm³/mol. The normalized spacial score (nSPS) is 10.8. The maximum Gasteiger partial charge on any atom is 0.262 e. The van der Waals surface area contributed by atoms with E-state index in [9.17, 15) is 14.0 Å². The average molecular weight is 401 g/mol. The molecule has 1 N–H and O–H groups in total. The van der Waals surface area contributed by atoms with Gasteiger partial charge in [0, 0.05) is 19.2 Å². The van der Waals surface area contributed by atoms with E-state index in [1.807, 2.05) is 6.92 Å². The lowest BCUT2D eigenvalue weighted by Crippen LogP contribution is -2.31. The molecule has 0 saturated carbocycles. The number of aromatic amines is 1. The van der Waals surface area contributed by atoms with Crippen molar-refractivity contribution >= 4 is 29.0 Å². The molecule has 0 spiro atoms. The first kappa shape index (κ1) is 19.8. The summed E-state index contributed by atoms with van der Waals surface area (Å²) in [5.41, 5.74) is 0.744. The van der Waals surface area contributed by atoms with E-state index in [1.165, 1.54) is 21.6 Å². The third-order valence-corrected chi connectivity index (χ3v) is 4.74. The summed E-state index contributed by atoms with van der Waals surface area (Å²) in [7, 11) is 1.63. The van der Waals surface area contributed by atoms with E-state index in [-0.39, 0.29) is 30.4 Å². The second-order valence-electron chi connectivity index (χ2n) is 6.25. The van der Waals surface area contributed by atoms with Gasteiger partial charge in [0.05, 0.1) is 17.4 Å². The number of ether oxygens (including phenoxy) is 1. The van der Waals surface area contributed by atoms with Gasteiger partial charge in [0.15, 0.2) is 16.3 Å². The van der Waals surface area contributed by atoms with Gasteiger partial charge in [-0.15, -0.1) is 0 Å². The third kappa shape index (κ3) is 3.96. The van der Waals surface area contributed by atoms with Crippen LogP contribution in [0, 0.1) is 10.6 Å². The molecule has 0 aliphatic rings. The molecule has 0 fully saturated rings. The number of carbonyl (C=O) groups is 1. The lowest BCUT2D eigenvalue weighted by molar-refractivity contribution is 0.0773. The van der Waals surface area contributed by atoms with Crippen molar-refractivity contribution in [2.75, 3.05) is 20.2 Å². The monoisotopic (exact) mass is 401 g/mol. The number of nitrogens with zero attached hydrogens (tertiary/aromatic N) is 2. The number of H-pyrrole nitrogens is 1. The fourth-order valence-electron chi connectivity index (χ4n) is 2.85. The lowest BCUT2D eigenvalue weighted by atomic mass is 10.1. The number of hydrogen-bond donors (Lipinski definition) is 1. The molecule has 0 aliphatic carbocycles. The van der Waals surface area contributed by atoms with Crippen LogP contribution in [0.5, 0.6) is 5.75 Å². The number of nitrogens with one attached hydrogen (secondary N) is 1. The number of amides is 1. The molecule has 2 aromatic carbocycles. The van der Waals surface area contributed by atoms with Crippen molar-refractivity contribution in [3.8, 4) is 5.75 Å². The number of rotatable bonds is 6. The fraction of sp³-hybridized carbons (Fsp3) is 0.250. The molecular formula is C20H20FN3O3S. The third-order valence-electron chi connectivity index (χ3n) is 4.41. The van der Waals surface area contributed by atoms with Gasteiger partial charge in [-0.1, -0.05) is 12.1 Å². The van der Waals surface area contributed by atoms with E-state index in [2.05, 4.69) is 4.98 Å². The van der Waals surface area contributed by atoms with Crippen LogP contribution >= 0.6 is 12.2 Å². The molecule has 3 aromatic rings. The second kappa shape index (κ2) is 8.35. The standard InChI is InChI=1S/C20H20FN3O3S/c1-3-24-19(26)14-9-8-13(12-16(14)22-20(24)28)18(25)23(2)10-11-27-17-7-5-4-6-15(17)21/h4-9,12H,3,10-11H2,1-2H3,(H,22,28). The summed E-state index contributed by atoms with van der Waals surface area (Å²) in [5.74, 6) is -0.536. The van der Waals surface area contributed by atoms with Crippen molar-refractivity contribution in [3.05, 3.63) is 69.0 Å². The maximum atomic E-state index is 13.6. The molecule has 1 heterocycles. The Bertz CT molecular complexity index is 1140. The highest BCUT2D eigenvalue weighted by molar-refractivity contribution is 7.71. The molecule has 0 atom stereocenters. The Morgan fingerprint density at radius 1 is 1.29 bits per heavy atom. The number of benzene rings is 2. The highest BCUT2D eigenvalue weighted by Crippen LogP contribution is 2.16. The van der Waals surface area contributed by atoms with E-state index in [4.69, 9.17) is 17.0 Å². The first-order valence-electron chi connectivity index (χ1n) is 8.82. The van der Waals surface area contributed by atoms with Crippen molar-refractivity contribution < 1.29 is 13.9 Å². The SMILES string of the molecule is CCn1c(=S)[nH]c2cc(C(=O)N(C)CCOc3ccccc3F)ccc2c1=O. The first-order chi connectivity index (χ1) is 13.4. The molecule has 6 nitrogen and oxygen atoms in total. The van der Waals surface area contributed by atoms with Crippen LogP contribution < -0.4 is 10.3 Å². The largest absolute Gasteiger partial charge is 0.489 e. The highest BCUT2D eigenvalue weighted by atomic mass is 32.1. The molecular weight excluding hydrogens is 381 g/mol. The van der Waals surface area contributed by atoms with Crippen molar-refractivity contribution in [3.63, 3.8) is 0 Å². The molecule has 0 radical (unpaired) electrons. The van der Waals surface area contributed by atoms with Crippen LogP contribution in [0.3, 0.4) is 0 Å². The Balaban J connectivity index is 1.74. The molecule has 28 heavy (non-hydrogen) atoms. The molecule has 1 aromatic heterocycles. The Kier molecular flexibility index (Phi) is 5.89. The van der Waals surface area contributed by atoms with Crippen molar-refractivity contribution in [2.45, 2.75) is 13.5 Å². The zero-order valence-corrected chi connectivity index (χ0v) is 16.4. The molecule has 0 aliphatic heterocycles. The summed E-state index contributed by atoms with van der Waals surface area (Å²) < 4.78 is 20.7. The summed E-state index contributed by atoms with van der Waals surface area (Å²) in [4.78, 5) is 29.6. The van der Waals surface area contributed by atoms with E-state index in [0.29, 0.717) is 27.8 Å². The van der Waals surface area contributed by atoms with E-state index in [1.54, 1.807) is 37.4 Å². The van der Waals surface area contributed by atoms with Crippen molar-refractivity contribution in [2.24, 2.45) is 0 Å². The van der Waals surface area contributed by atoms with E-state index >= 15 is 0 Å². The maximum absolute atomic E-state index is 13.6. The quantitative estimate of drug-likeness (QED) is 0.643. The smallest absolute Gasteiger partial charge is 0.262 e. The molecule has 1 amide bonds. The van der Waals surface area contributed by atoms with Gasteiger partial charge >= 0.3 is 0 Å². The summed E-state index contributed by atoms with van der Waals surface area (Å²) in [5, 5.41) is 0.470. The molecule has 8 heteroatoms. The molecule has 0 bridgehead atoms. The van der Waals surface area contributed by atoms with Crippen LogP contribution in [-0.4, -0.2) is 40.6 Å². The van der Waals surface area contributed by atoms with Crippen molar-refractivity contribution in [1.82, 2.24) is 14.5 Å². The van der Waals surface area contributed by atoms with Gasteiger partial charge in [0.25, 0.3) is 11.5 Å².